The van der Waals surface area contributed by atoms with Crippen LogP contribution in [-0.2, 0) is 6.54 Å². The van der Waals surface area contributed by atoms with Crippen LogP contribution in [0.15, 0.2) is 12.1 Å². The van der Waals surface area contributed by atoms with Gasteiger partial charge < -0.3 is 4.74 Å². The zero-order valence-electron chi connectivity index (χ0n) is 11.9. The van der Waals surface area contributed by atoms with Crippen LogP contribution in [0.25, 0.3) is 0 Å². The number of hydrogen-bond donors (Lipinski definition) is 0. The molecular weight excluding hydrogens is 240 g/mol. The van der Waals surface area contributed by atoms with Gasteiger partial charge in [-0.2, -0.15) is 5.10 Å². The predicted molar refractivity (Wildman–Crippen MR) is 73.0 cm³/mol. The van der Waals surface area contributed by atoms with Crippen molar-refractivity contribution in [2.45, 2.75) is 44.9 Å². The highest BCUT2D eigenvalue weighted by Gasteiger charge is 2.44. The van der Waals surface area contributed by atoms with Crippen LogP contribution in [0.5, 0.6) is 5.88 Å². The molecule has 19 heavy (non-hydrogen) atoms. The summed E-state index contributed by atoms with van der Waals surface area (Å²) in [5.74, 6) is 0.582. The van der Waals surface area contributed by atoms with Crippen molar-refractivity contribution in [3.05, 3.63) is 17.8 Å². The Morgan fingerprint density at radius 2 is 2.00 bits per heavy atom. The van der Waals surface area contributed by atoms with Gasteiger partial charge in [0.05, 0.1) is 12.8 Å². The highest BCUT2D eigenvalue weighted by molar-refractivity contribution is 5.13. The number of likely N-dealkylation sites (tertiary alicyclic amines) is 2. The number of piperidine rings is 1. The molecule has 2 aliphatic rings. The molecule has 0 spiro atoms. The predicted octanol–water partition coefficient (Wildman–Crippen LogP) is 1.15. The molecule has 1 aromatic heterocycles. The molecule has 0 radical (unpaired) electrons. The maximum Gasteiger partial charge on any atom is 0.233 e. The number of piperazine rings is 1. The van der Waals surface area contributed by atoms with Gasteiger partial charge in [0, 0.05) is 43.8 Å². The Morgan fingerprint density at radius 1 is 1.26 bits per heavy atom. The van der Waals surface area contributed by atoms with Crippen molar-refractivity contribution in [2.24, 2.45) is 0 Å². The third-order valence-electron chi connectivity index (χ3n) is 4.35. The molecule has 3 rings (SSSR count). The molecule has 5 nitrogen and oxygen atoms in total. The van der Waals surface area contributed by atoms with E-state index < -0.39 is 0 Å². The summed E-state index contributed by atoms with van der Waals surface area (Å²) < 4.78 is 5.04. The summed E-state index contributed by atoms with van der Waals surface area (Å²) in [6, 6.07) is 5.96. The molecule has 2 unspecified atom stereocenters. The normalized spacial score (nSPS) is 27.4. The fraction of sp³-hybridized carbons (Fsp3) is 0.714. The van der Waals surface area contributed by atoms with Gasteiger partial charge in [0.2, 0.25) is 5.88 Å². The van der Waals surface area contributed by atoms with Crippen molar-refractivity contribution < 1.29 is 4.74 Å². The summed E-state index contributed by atoms with van der Waals surface area (Å²) in [7, 11) is 1.62. The number of rotatable bonds is 4. The second-order valence-corrected chi connectivity index (χ2v) is 5.83. The van der Waals surface area contributed by atoms with Crippen LogP contribution in [0.2, 0.25) is 0 Å². The monoisotopic (exact) mass is 262 g/mol. The van der Waals surface area contributed by atoms with Gasteiger partial charge in [-0.05, 0) is 26.3 Å². The van der Waals surface area contributed by atoms with Crippen LogP contribution in [0.1, 0.15) is 26.0 Å². The van der Waals surface area contributed by atoms with E-state index in [0.29, 0.717) is 24.0 Å². The molecule has 2 saturated heterocycles. The summed E-state index contributed by atoms with van der Waals surface area (Å²) in [5.41, 5.74) is 1.04. The number of aromatic nitrogens is 2. The molecular formula is C14H22N4O. The Hall–Kier alpha value is -1.20. The first-order valence-corrected chi connectivity index (χ1v) is 7.03. The lowest BCUT2D eigenvalue weighted by atomic mass is 9.86. The molecule has 2 fully saturated rings. The molecule has 0 N–H and O–H groups in total. The fourth-order valence-corrected chi connectivity index (χ4v) is 3.13. The van der Waals surface area contributed by atoms with E-state index in [9.17, 15) is 0 Å². The van der Waals surface area contributed by atoms with E-state index in [4.69, 9.17) is 4.74 Å². The van der Waals surface area contributed by atoms with Crippen LogP contribution in [-0.4, -0.2) is 58.3 Å². The average Bonchev–Trinajstić information content (AvgIpc) is 2.45. The molecule has 0 saturated carbocycles. The largest absolute Gasteiger partial charge is 0.480 e. The second kappa shape index (κ2) is 5.06. The first kappa shape index (κ1) is 12.8. The maximum absolute atomic E-state index is 5.04. The van der Waals surface area contributed by atoms with E-state index in [1.54, 1.807) is 7.11 Å². The Kier molecular flexibility index (Phi) is 3.41. The van der Waals surface area contributed by atoms with Gasteiger partial charge in [-0.3, -0.25) is 9.80 Å². The average molecular weight is 262 g/mol. The summed E-state index contributed by atoms with van der Waals surface area (Å²) in [4.78, 5) is 5.14. The van der Waals surface area contributed by atoms with Crippen molar-refractivity contribution in [3.63, 3.8) is 0 Å². The van der Waals surface area contributed by atoms with Crippen molar-refractivity contribution in [1.29, 1.82) is 0 Å². The van der Waals surface area contributed by atoms with Gasteiger partial charge in [0.1, 0.15) is 0 Å². The highest BCUT2D eigenvalue weighted by atomic mass is 16.5. The van der Waals surface area contributed by atoms with Gasteiger partial charge in [-0.15, -0.1) is 5.10 Å². The number of methoxy groups -OCH3 is 1. The zero-order valence-corrected chi connectivity index (χ0v) is 11.9. The quantitative estimate of drug-likeness (QED) is 0.814. The van der Waals surface area contributed by atoms with Gasteiger partial charge in [0.15, 0.2) is 0 Å². The number of fused-ring (bicyclic) bond motifs is 2. The summed E-state index contributed by atoms with van der Waals surface area (Å²) in [5, 5.41) is 8.26. The fourth-order valence-electron chi connectivity index (χ4n) is 3.13. The third-order valence-corrected chi connectivity index (χ3v) is 4.35. The molecule has 2 atom stereocenters. The van der Waals surface area contributed by atoms with Crippen LogP contribution in [0, 0.1) is 0 Å². The summed E-state index contributed by atoms with van der Waals surface area (Å²) in [6.07, 6.45) is 1.34. The first-order valence-electron chi connectivity index (χ1n) is 7.03. The van der Waals surface area contributed by atoms with Crippen LogP contribution in [0.3, 0.4) is 0 Å². The minimum Gasteiger partial charge on any atom is -0.480 e. The SMILES string of the molecule is COc1ccc(CN2C3CC2CN(C(C)C)C3)nn1. The topological polar surface area (TPSA) is 41.5 Å². The van der Waals surface area contributed by atoms with Crippen molar-refractivity contribution in [1.82, 2.24) is 20.0 Å². The molecule has 0 aliphatic carbocycles. The molecule has 0 aromatic carbocycles. The summed E-state index contributed by atoms with van der Waals surface area (Å²) >= 11 is 0. The molecule has 5 heteroatoms. The van der Waals surface area contributed by atoms with Gasteiger partial charge in [-0.25, -0.2) is 0 Å². The lowest BCUT2D eigenvalue weighted by Crippen LogP contribution is -2.68. The first-order chi connectivity index (χ1) is 9.17. The van der Waals surface area contributed by atoms with E-state index in [1.165, 1.54) is 19.5 Å². The number of ether oxygens (including phenoxy) is 1. The summed E-state index contributed by atoms with van der Waals surface area (Å²) in [6.45, 7) is 7.86. The van der Waals surface area contributed by atoms with E-state index in [-0.39, 0.29) is 0 Å². The highest BCUT2D eigenvalue weighted by Crippen LogP contribution is 2.34. The van der Waals surface area contributed by atoms with Crippen LogP contribution >= 0.6 is 0 Å². The lowest BCUT2D eigenvalue weighted by molar-refractivity contribution is -0.0842. The van der Waals surface area contributed by atoms with Gasteiger partial charge >= 0.3 is 0 Å². The van der Waals surface area contributed by atoms with Crippen LogP contribution < -0.4 is 4.74 Å². The molecule has 3 heterocycles. The molecule has 104 valence electrons. The third kappa shape index (κ3) is 2.44. The van der Waals surface area contributed by atoms with E-state index in [2.05, 4.69) is 33.8 Å². The molecule has 1 aromatic rings. The van der Waals surface area contributed by atoms with E-state index in [1.807, 2.05) is 12.1 Å². The van der Waals surface area contributed by atoms with Crippen molar-refractivity contribution in [2.75, 3.05) is 20.2 Å². The molecule has 0 amide bonds. The standard InChI is InChI=1S/C14H22N4O/c1-10(2)17-8-12-6-13(9-17)18(12)7-11-4-5-14(19-3)16-15-11/h4-5,10,12-13H,6-9H2,1-3H3. The maximum atomic E-state index is 5.04. The minimum atomic E-state index is 0.582. The Balaban J connectivity index is 1.60. The number of hydrogen-bond acceptors (Lipinski definition) is 5. The van der Waals surface area contributed by atoms with E-state index >= 15 is 0 Å². The van der Waals surface area contributed by atoms with E-state index in [0.717, 1.165) is 12.2 Å². The van der Waals surface area contributed by atoms with Crippen molar-refractivity contribution in [3.8, 4) is 5.88 Å². The Labute approximate surface area is 114 Å². The Morgan fingerprint density at radius 3 is 2.53 bits per heavy atom. The lowest BCUT2D eigenvalue weighted by Gasteiger charge is -2.57. The molecule has 2 bridgehead atoms. The number of nitrogens with zero attached hydrogens (tertiary/aromatic N) is 4. The molecule has 2 aliphatic heterocycles. The zero-order chi connectivity index (χ0) is 13.4. The van der Waals surface area contributed by atoms with Crippen LogP contribution in [0.4, 0.5) is 0 Å². The smallest absolute Gasteiger partial charge is 0.233 e. The minimum absolute atomic E-state index is 0.582. The second-order valence-electron chi connectivity index (χ2n) is 5.83. The van der Waals surface area contributed by atoms with Crippen molar-refractivity contribution >= 4 is 0 Å². The Bertz CT molecular complexity index is 422. The van der Waals surface area contributed by atoms with Gasteiger partial charge in [-0.1, -0.05) is 0 Å². The van der Waals surface area contributed by atoms with Gasteiger partial charge in [0.25, 0.3) is 0 Å².